The summed E-state index contributed by atoms with van der Waals surface area (Å²) in [5.41, 5.74) is 6.50. The first-order chi connectivity index (χ1) is 8.45. The van der Waals surface area contributed by atoms with Gasteiger partial charge in [-0.15, -0.1) is 0 Å². The van der Waals surface area contributed by atoms with E-state index in [-0.39, 0.29) is 23.9 Å². The first-order valence-electron chi connectivity index (χ1n) is 6.26. The van der Waals surface area contributed by atoms with Crippen molar-refractivity contribution in [3.8, 4) is 0 Å². The Kier molecular flexibility index (Phi) is 5.63. The standard InChI is InChI=1S/C14H21ClN2O/c1-4-12(10-6-5-7-11(15)8-10)17-13(9(2)3)14(16)18/h5-9,12-13,17H,4H2,1-3H3,(H2,16,18). The third kappa shape index (κ3) is 4.00. The van der Waals surface area contributed by atoms with E-state index in [0.717, 1.165) is 12.0 Å². The van der Waals surface area contributed by atoms with E-state index in [1.807, 2.05) is 38.1 Å². The van der Waals surface area contributed by atoms with Crippen LogP contribution in [-0.2, 0) is 4.79 Å². The van der Waals surface area contributed by atoms with Crippen LogP contribution >= 0.6 is 11.6 Å². The fourth-order valence-corrected chi connectivity index (χ4v) is 2.19. The van der Waals surface area contributed by atoms with Crippen LogP contribution in [0.1, 0.15) is 38.8 Å². The molecule has 3 N–H and O–H groups in total. The summed E-state index contributed by atoms with van der Waals surface area (Å²) in [4.78, 5) is 11.4. The molecule has 0 bridgehead atoms. The molecular weight excluding hydrogens is 248 g/mol. The summed E-state index contributed by atoms with van der Waals surface area (Å²) in [6, 6.07) is 7.44. The van der Waals surface area contributed by atoms with Crippen molar-refractivity contribution >= 4 is 17.5 Å². The Morgan fingerprint density at radius 1 is 1.44 bits per heavy atom. The van der Waals surface area contributed by atoms with Crippen molar-refractivity contribution in [2.45, 2.75) is 39.3 Å². The number of primary amides is 1. The molecule has 1 aromatic carbocycles. The molecule has 0 aromatic heterocycles. The molecule has 2 atom stereocenters. The lowest BCUT2D eigenvalue weighted by molar-refractivity contribution is -0.121. The number of rotatable bonds is 6. The smallest absolute Gasteiger partial charge is 0.234 e. The SMILES string of the molecule is CCC(NC(C(N)=O)C(C)C)c1cccc(Cl)c1. The van der Waals surface area contributed by atoms with Gasteiger partial charge in [0.15, 0.2) is 0 Å². The molecule has 3 nitrogen and oxygen atoms in total. The van der Waals surface area contributed by atoms with Gasteiger partial charge < -0.3 is 5.73 Å². The summed E-state index contributed by atoms with van der Waals surface area (Å²) in [7, 11) is 0. The topological polar surface area (TPSA) is 55.1 Å². The van der Waals surface area contributed by atoms with Gasteiger partial charge in [0, 0.05) is 11.1 Å². The molecule has 18 heavy (non-hydrogen) atoms. The van der Waals surface area contributed by atoms with Crippen LogP contribution in [0.2, 0.25) is 5.02 Å². The predicted molar refractivity (Wildman–Crippen MR) is 75.4 cm³/mol. The highest BCUT2D eigenvalue weighted by molar-refractivity contribution is 6.30. The fourth-order valence-electron chi connectivity index (χ4n) is 1.99. The minimum absolute atomic E-state index is 0.0867. The summed E-state index contributed by atoms with van der Waals surface area (Å²) >= 11 is 5.99. The van der Waals surface area contributed by atoms with Crippen LogP contribution in [0, 0.1) is 5.92 Å². The van der Waals surface area contributed by atoms with Gasteiger partial charge in [-0.1, -0.05) is 44.5 Å². The van der Waals surface area contributed by atoms with Gasteiger partial charge >= 0.3 is 0 Å². The van der Waals surface area contributed by atoms with Crippen LogP contribution in [0.25, 0.3) is 0 Å². The first kappa shape index (κ1) is 15.0. The van der Waals surface area contributed by atoms with E-state index in [2.05, 4.69) is 12.2 Å². The van der Waals surface area contributed by atoms with Gasteiger partial charge in [0.25, 0.3) is 0 Å². The highest BCUT2D eigenvalue weighted by Crippen LogP contribution is 2.21. The number of carbonyl (C=O) groups is 1. The Morgan fingerprint density at radius 3 is 2.56 bits per heavy atom. The fraction of sp³-hybridized carbons (Fsp3) is 0.500. The molecule has 0 aliphatic carbocycles. The summed E-state index contributed by atoms with van der Waals surface area (Å²) < 4.78 is 0. The zero-order valence-corrected chi connectivity index (χ0v) is 11.9. The lowest BCUT2D eigenvalue weighted by atomic mass is 9.98. The minimum Gasteiger partial charge on any atom is -0.368 e. The molecule has 0 radical (unpaired) electrons. The normalized spacial score (nSPS) is 14.5. The van der Waals surface area contributed by atoms with Crippen molar-refractivity contribution in [3.05, 3.63) is 34.9 Å². The molecule has 0 fully saturated rings. The van der Waals surface area contributed by atoms with Crippen molar-refractivity contribution in [2.75, 3.05) is 0 Å². The minimum atomic E-state index is -0.325. The van der Waals surface area contributed by atoms with Crippen LogP contribution in [0.15, 0.2) is 24.3 Å². The van der Waals surface area contributed by atoms with Crippen molar-refractivity contribution in [3.63, 3.8) is 0 Å². The molecule has 1 amide bonds. The van der Waals surface area contributed by atoms with Crippen molar-refractivity contribution in [1.82, 2.24) is 5.32 Å². The van der Waals surface area contributed by atoms with Gasteiger partial charge in [-0.3, -0.25) is 10.1 Å². The zero-order chi connectivity index (χ0) is 13.7. The molecule has 0 saturated heterocycles. The largest absolute Gasteiger partial charge is 0.368 e. The summed E-state index contributed by atoms with van der Waals surface area (Å²) in [6.07, 6.45) is 0.872. The number of nitrogens with one attached hydrogen (secondary N) is 1. The van der Waals surface area contributed by atoms with Crippen LogP contribution in [0.3, 0.4) is 0 Å². The summed E-state index contributed by atoms with van der Waals surface area (Å²) in [6.45, 7) is 6.02. The van der Waals surface area contributed by atoms with Gasteiger partial charge in [0.05, 0.1) is 6.04 Å². The summed E-state index contributed by atoms with van der Waals surface area (Å²) in [5.74, 6) is -0.152. The molecule has 1 rings (SSSR count). The van der Waals surface area contributed by atoms with E-state index in [1.165, 1.54) is 0 Å². The average molecular weight is 269 g/mol. The Morgan fingerprint density at radius 2 is 2.11 bits per heavy atom. The van der Waals surface area contributed by atoms with Crippen LogP contribution < -0.4 is 11.1 Å². The second-order valence-corrected chi connectivity index (χ2v) is 5.24. The van der Waals surface area contributed by atoms with Gasteiger partial charge in [-0.05, 0) is 30.0 Å². The average Bonchev–Trinajstić information content (AvgIpc) is 2.29. The Labute approximate surface area is 114 Å². The molecule has 1 aromatic rings. The van der Waals surface area contributed by atoms with Gasteiger partial charge in [0.1, 0.15) is 0 Å². The number of amides is 1. The number of benzene rings is 1. The van der Waals surface area contributed by atoms with Crippen molar-refractivity contribution < 1.29 is 4.79 Å². The van der Waals surface area contributed by atoms with Gasteiger partial charge in [-0.2, -0.15) is 0 Å². The molecule has 2 unspecified atom stereocenters. The number of hydrogen-bond donors (Lipinski definition) is 2. The second kappa shape index (κ2) is 6.76. The zero-order valence-electron chi connectivity index (χ0n) is 11.1. The molecule has 0 heterocycles. The molecule has 4 heteroatoms. The van der Waals surface area contributed by atoms with Crippen molar-refractivity contribution in [2.24, 2.45) is 11.7 Å². The molecule has 0 aliphatic rings. The third-order valence-corrected chi connectivity index (χ3v) is 3.25. The number of halogens is 1. The monoisotopic (exact) mass is 268 g/mol. The summed E-state index contributed by atoms with van der Waals surface area (Å²) in [5, 5.41) is 4.01. The molecular formula is C14H21ClN2O. The van der Waals surface area contributed by atoms with Crippen LogP contribution in [0.5, 0.6) is 0 Å². The third-order valence-electron chi connectivity index (χ3n) is 3.01. The van der Waals surface area contributed by atoms with Crippen LogP contribution in [-0.4, -0.2) is 11.9 Å². The molecule has 0 spiro atoms. The Bertz CT molecular complexity index is 407. The predicted octanol–water partition coefficient (Wildman–Crippen LogP) is 2.89. The van der Waals surface area contributed by atoms with E-state index in [4.69, 9.17) is 17.3 Å². The van der Waals surface area contributed by atoms with Gasteiger partial charge in [0.2, 0.25) is 5.91 Å². The number of nitrogens with two attached hydrogens (primary N) is 1. The number of carbonyl (C=O) groups excluding carboxylic acids is 1. The first-order valence-corrected chi connectivity index (χ1v) is 6.64. The number of hydrogen-bond acceptors (Lipinski definition) is 2. The maximum atomic E-state index is 11.4. The Hall–Kier alpha value is -1.06. The van der Waals surface area contributed by atoms with E-state index < -0.39 is 0 Å². The maximum Gasteiger partial charge on any atom is 0.234 e. The van der Waals surface area contributed by atoms with E-state index in [0.29, 0.717) is 5.02 Å². The van der Waals surface area contributed by atoms with E-state index >= 15 is 0 Å². The highest BCUT2D eigenvalue weighted by atomic mass is 35.5. The molecule has 0 saturated carbocycles. The maximum absolute atomic E-state index is 11.4. The van der Waals surface area contributed by atoms with Crippen LogP contribution in [0.4, 0.5) is 0 Å². The van der Waals surface area contributed by atoms with E-state index in [1.54, 1.807) is 0 Å². The molecule has 0 aliphatic heterocycles. The lowest BCUT2D eigenvalue weighted by Gasteiger charge is -2.26. The van der Waals surface area contributed by atoms with E-state index in [9.17, 15) is 4.79 Å². The Balaban J connectivity index is 2.87. The molecule has 100 valence electrons. The quantitative estimate of drug-likeness (QED) is 0.834. The lowest BCUT2D eigenvalue weighted by Crippen LogP contribution is -2.46. The second-order valence-electron chi connectivity index (χ2n) is 4.81. The highest BCUT2D eigenvalue weighted by Gasteiger charge is 2.23. The van der Waals surface area contributed by atoms with Gasteiger partial charge in [-0.25, -0.2) is 0 Å². The van der Waals surface area contributed by atoms with Crippen molar-refractivity contribution in [1.29, 1.82) is 0 Å².